The van der Waals surface area contributed by atoms with Gasteiger partial charge in [-0.1, -0.05) is 36.9 Å². The first-order valence-electron chi connectivity index (χ1n) is 7.90. The van der Waals surface area contributed by atoms with Gasteiger partial charge in [-0.05, 0) is 11.6 Å². The molecule has 6 nitrogen and oxygen atoms in total. The molecule has 1 N–H and O–H groups in total. The fourth-order valence-corrected chi connectivity index (χ4v) is 2.58. The minimum absolute atomic E-state index is 0.0833. The lowest BCUT2D eigenvalue weighted by atomic mass is 10.1. The molecule has 2 heterocycles. The number of hydrogen-bond donors (Lipinski definition) is 1. The summed E-state index contributed by atoms with van der Waals surface area (Å²) >= 11 is 0. The van der Waals surface area contributed by atoms with E-state index >= 15 is 0 Å². The van der Waals surface area contributed by atoms with Crippen molar-refractivity contribution in [2.24, 2.45) is 0 Å². The average Bonchev–Trinajstić information content (AvgIpc) is 2.67. The summed E-state index contributed by atoms with van der Waals surface area (Å²) in [5, 5.41) is 2.76. The molecule has 1 atom stereocenters. The number of carbonyl (C=O) groups excluding carboxylic acids is 1. The Morgan fingerprint density at radius 2 is 2.04 bits per heavy atom. The average molecular weight is 324 g/mol. The van der Waals surface area contributed by atoms with E-state index < -0.39 is 0 Å². The molecule has 124 valence electrons. The monoisotopic (exact) mass is 324 g/mol. The van der Waals surface area contributed by atoms with Crippen molar-refractivity contribution in [1.82, 2.24) is 15.3 Å². The van der Waals surface area contributed by atoms with Crippen LogP contribution in [0.25, 0.3) is 11.1 Å². The highest BCUT2D eigenvalue weighted by Crippen LogP contribution is 2.19. The molecule has 0 aliphatic carbocycles. The minimum Gasteiger partial charge on any atom is -0.373 e. The minimum atomic E-state index is -0.195. The Morgan fingerprint density at radius 3 is 2.75 bits per heavy atom. The summed E-state index contributed by atoms with van der Waals surface area (Å²) in [4.78, 5) is 22.3. The Bertz CT molecular complexity index is 688. The van der Waals surface area contributed by atoms with Crippen molar-refractivity contribution >= 4 is 11.9 Å². The molecule has 0 radical (unpaired) electrons. The maximum Gasteiger partial charge on any atom is 0.243 e. The van der Waals surface area contributed by atoms with E-state index in [1.165, 1.54) is 6.08 Å². The van der Waals surface area contributed by atoms with Crippen molar-refractivity contribution in [3.05, 3.63) is 55.4 Å². The lowest BCUT2D eigenvalue weighted by Gasteiger charge is -2.32. The van der Waals surface area contributed by atoms with E-state index in [9.17, 15) is 4.79 Å². The molecule has 6 heteroatoms. The van der Waals surface area contributed by atoms with E-state index in [4.69, 9.17) is 4.74 Å². The quantitative estimate of drug-likeness (QED) is 0.847. The summed E-state index contributed by atoms with van der Waals surface area (Å²) in [5.74, 6) is 0.484. The van der Waals surface area contributed by atoms with Crippen molar-refractivity contribution in [3.63, 3.8) is 0 Å². The number of rotatable bonds is 5. The standard InChI is InChI=1S/C18H20N4O2/c1-2-17(23)19-12-16-13-22(8-9-24-16)18-20-10-15(11-21-18)14-6-4-3-5-7-14/h2-7,10-11,16H,1,8-9,12-13H2,(H,19,23)/t16-/m0/s1. The van der Waals surface area contributed by atoms with Crippen LogP contribution >= 0.6 is 0 Å². The van der Waals surface area contributed by atoms with Crippen LogP contribution in [0, 0.1) is 0 Å². The van der Waals surface area contributed by atoms with Gasteiger partial charge in [-0.3, -0.25) is 4.79 Å². The molecule has 1 aromatic heterocycles. The first-order valence-corrected chi connectivity index (χ1v) is 7.90. The number of aromatic nitrogens is 2. The van der Waals surface area contributed by atoms with Crippen LogP contribution in [-0.4, -0.2) is 48.2 Å². The van der Waals surface area contributed by atoms with Gasteiger partial charge in [0.05, 0.1) is 12.7 Å². The lowest BCUT2D eigenvalue weighted by Crippen LogP contribution is -2.48. The molecule has 24 heavy (non-hydrogen) atoms. The van der Waals surface area contributed by atoms with Crippen LogP contribution in [0.3, 0.4) is 0 Å². The van der Waals surface area contributed by atoms with Crippen LogP contribution in [-0.2, 0) is 9.53 Å². The maximum absolute atomic E-state index is 11.3. The molecule has 0 unspecified atom stereocenters. The van der Waals surface area contributed by atoms with Gasteiger partial charge in [0, 0.05) is 37.6 Å². The Hall–Kier alpha value is -2.73. The van der Waals surface area contributed by atoms with Gasteiger partial charge in [0.2, 0.25) is 11.9 Å². The van der Waals surface area contributed by atoms with Gasteiger partial charge in [0.15, 0.2) is 0 Å². The summed E-state index contributed by atoms with van der Waals surface area (Å²) in [5.41, 5.74) is 2.08. The third-order valence-electron chi connectivity index (χ3n) is 3.86. The summed E-state index contributed by atoms with van der Waals surface area (Å²) in [7, 11) is 0. The SMILES string of the molecule is C=CC(=O)NC[C@H]1CN(c2ncc(-c3ccccc3)cn2)CCO1. The van der Waals surface area contributed by atoms with Gasteiger partial charge < -0.3 is 15.0 Å². The Labute approximate surface area is 141 Å². The highest BCUT2D eigenvalue weighted by molar-refractivity contribution is 5.86. The third kappa shape index (κ3) is 3.97. The second-order valence-corrected chi connectivity index (χ2v) is 5.53. The van der Waals surface area contributed by atoms with Crippen molar-refractivity contribution < 1.29 is 9.53 Å². The van der Waals surface area contributed by atoms with Crippen LogP contribution in [0.4, 0.5) is 5.95 Å². The number of anilines is 1. The summed E-state index contributed by atoms with van der Waals surface area (Å²) < 4.78 is 5.67. The molecule has 1 aliphatic rings. The molecule has 0 spiro atoms. The number of morpholine rings is 1. The van der Waals surface area contributed by atoms with Crippen LogP contribution in [0.1, 0.15) is 0 Å². The molecule has 1 fully saturated rings. The summed E-state index contributed by atoms with van der Waals surface area (Å²) in [6.07, 6.45) is 4.84. The smallest absolute Gasteiger partial charge is 0.243 e. The van der Waals surface area contributed by atoms with E-state index in [0.717, 1.165) is 17.7 Å². The van der Waals surface area contributed by atoms with Crippen LogP contribution in [0.5, 0.6) is 0 Å². The number of nitrogens with one attached hydrogen (secondary N) is 1. The van der Waals surface area contributed by atoms with Crippen LogP contribution < -0.4 is 10.2 Å². The molecule has 1 amide bonds. The normalized spacial score (nSPS) is 17.3. The molecule has 3 rings (SSSR count). The van der Waals surface area contributed by atoms with Crippen LogP contribution in [0.2, 0.25) is 0 Å². The number of ether oxygens (including phenoxy) is 1. The summed E-state index contributed by atoms with van der Waals surface area (Å²) in [6.45, 7) is 5.84. The number of amides is 1. The fourth-order valence-electron chi connectivity index (χ4n) is 2.58. The molecular weight excluding hydrogens is 304 g/mol. The molecule has 0 bridgehead atoms. The predicted octanol–water partition coefficient (Wildman–Crippen LogP) is 1.65. The van der Waals surface area contributed by atoms with Gasteiger partial charge >= 0.3 is 0 Å². The van der Waals surface area contributed by atoms with E-state index in [-0.39, 0.29) is 12.0 Å². The third-order valence-corrected chi connectivity index (χ3v) is 3.86. The first kappa shape index (κ1) is 16.1. The number of benzene rings is 1. The number of hydrogen-bond acceptors (Lipinski definition) is 5. The van der Waals surface area contributed by atoms with Gasteiger partial charge in [0.1, 0.15) is 0 Å². The zero-order valence-electron chi connectivity index (χ0n) is 13.4. The molecule has 0 saturated carbocycles. The maximum atomic E-state index is 11.3. The van der Waals surface area contributed by atoms with Crippen molar-refractivity contribution in [3.8, 4) is 11.1 Å². The zero-order chi connectivity index (χ0) is 16.8. The second-order valence-electron chi connectivity index (χ2n) is 5.53. The largest absolute Gasteiger partial charge is 0.373 e. The Kier molecular flexibility index (Phi) is 5.18. The predicted molar refractivity (Wildman–Crippen MR) is 92.6 cm³/mol. The fraction of sp³-hybridized carbons (Fsp3) is 0.278. The van der Waals surface area contributed by atoms with E-state index in [0.29, 0.717) is 25.6 Å². The molecular formula is C18H20N4O2. The molecule has 1 saturated heterocycles. The Balaban J connectivity index is 1.63. The molecule has 2 aromatic rings. The van der Waals surface area contributed by atoms with E-state index in [1.807, 2.05) is 42.7 Å². The van der Waals surface area contributed by atoms with Crippen LogP contribution in [0.15, 0.2) is 55.4 Å². The number of carbonyl (C=O) groups is 1. The van der Waals surface area contributed by atoms with Crippen molar-refractivity contribution in [2.45, 2.75) is 6.10 Å². The highest BCUT2D eigenvalue weighted by atomic mass is 16.5. The molecule has 1 aliphatic heterocycles. The molecule has 1 aromatic carbocycles. The van der Waals surface area contributed by atoms with E-state index in [2.05, 4.69) is 26.8 Å². The van der Waals surface area contributed by atoms with E-state index in [1.54, 1.807) is 0 Å². The van der Waals surface area contributed by atoms with Gasteiger partial charge in [-0.15, -0.1) is 0 Å². The lowest BCUT2D eigenvalue weighted by molar-refractivity contribution is -0.117. The Morgan fingerprint density at radius 1 is 1.29 bits per heavy atom. The second kappa shape index (κ2) is 7.70. The van der Waals surface area contributed by atoms with Gasteiger partial charge in [0.25, 0.3) is 0 Å². The summed E-state index contributed by atoms with van der Waals surface area (Å²) in [6, 6.07) is 10.0. The van der Waals surface area contributed by atoms with Gasteiger partial charge in [-0.2, -0.15) is 0 Å². The highest BCUT2D eigenvalue weighted by Gasteiger charge is 2.22. The first-order chi connectivity index (χ1) is 11.8. The topological polar surface area (TPSA) is 67.4 Å². The van der Waals surface area contributed by atoms with Crippen molar-refractivity contribution in [1.29, 1.82) is 0 Å². The van der Waals surface area contributed by atoms with Crippen molar-refractivity contribution in [2.75, 3.05) is 31.1 Å². The number of nitrogens with zero attached hydrogens (tertiary/aromatic N) is 3. The zero-order valence-corrected chi connectivity index (χ0v) is 13.4. The van der Waals surface area contributed by atoms with Gasteiger partial charge in [-0.25, -0.2) is 9.97 Å².